The molecular formula is C30H38Cl2Si2Zr. The molecule has 2 saturated heterocycles. The van der Waals surface area contributed by atoms with Crippen molar-refractivity contribution < 1.29 is 48.0 Å². The van der Waals surface area contributed by atoms with Crippen LogP contribution < -0.4 is 24.8 Å². The molecular weight excluding hydrogens is 579 g/mol. The molecule has 2 aromatic carbocycles. The molecule has 35 heavy (non-hydrogen) atoms. The first kappa shape index (κ1) is 27.8. The third kappa shape index (κ3) is 4.65. The quantitative estimate of drug-likeness (QED) is 0.401. The zero-order valence-electron chi connectivity index (χ0n) is 21.3. The van der Waals surface area contributed by atoms with Gasteiger partial charge in [0.2, 0.25) is 0 Å². The van der Waals surface area contributed by atoms with E-state index < -0.39 is 39.4 Å². The largest absolute Gasteiger partial charge is 1.00 e. The van der Waals surface area contributed by atoms with E-state index in [9.17, 15) is 0 Å². The van der Waals surface area contributed by atoms with Gasteiger partial charge in [0.25, 0.3) is 0 Å². The van der Waals surface area contributed by atoms with E-state index in [4.69, 9.17) is 0 Å². The molecule has 0 aromatic heterocycles. The number of allylic oxidation sites excluding steroid dienone is 2. The maximum absolute atomic E-state index is 2.73. The fourth-order valence-electron chi connectivity index (χ4n) is 7.97. The maximum atomic E-state index is 2.73. The van der Waals surface area contributed by atoms with E-state index in [1.54, 1.807) is 58.5 Å². The molecule has 0 bridgehead atoms. The van der Waals surface area contributed by atoms with Gasteiger partial charge >= 0.3 is 216 Å². The topological polar surface area (TPSA) is 0 Å². The molecule has 6 rings (SSSR count). The summed E-state index contributed by atoms with van der Waals surface area (Å²) in [6.07, 6.45) is 11.3. The van der Waals surface area contributed by atoms with Crippen LogP contribution in [0.4, 0.5) is 0 Å². The fourth-order valence-corrected chi connectivity index (χ4v) is 27.3. The first-order valence-electron chi connectivity index (χ1n) is 13.6. The SMILES string of the molecule is CCC[Si]1(C2[C]([Zr+2][C]3=Cc4ccccc4C3[Si]3(CCC)CCC3)=Cc3ccccc32)CCC1.[Cl-].[Cl-]. The van der Waals surface area contributed by atoms with Crippen molar-refractivity contribution in [2.24, 2.45) is 0 Å². The Labute approximate surface area is 238 Å². The summed E-state index contributed by atoms with van der Waals surface area (Å²) < 4.78 is 3.95. The van der Waals surface area contributed by atoms with Crippen LogP contribution in [0.3, 0.4) is 0 Å². The van der Waals surface area contributed by atoms with Gasteiger partial charge in [0.1, 0.15) is 0 Å². The normalized spacial score (nSPS) is 24.3. The molecule has 2 aliphatic carbocycles. The van der Waals surface area contributed by atoms with Gasteiger partial charge in [-0.25, -0.2) is 0 Å². The standard InChI is InChI=1S/2C15H19Si.2ClH.Zr/c2*1-2-10-16(11-5-12-16)15-9-8-13-6-3-4-7-14(13)15;;;/h2*3-4,6-8,15H,2,5,10-12H2,1H3;2*1H;/q;;;;+2/p-2. The Morgan fingerprint density at radius 3 is 1.40 bits per heavy atom. The van der Waals surface area contributed by atoms with Crippen LogP contribution in [-0.4, -0.2) is 16.1 Å². The molecule has 0 saturated carbocycles. The number of hydrogen-bond acceptors (Lipinski definition) is 0. The van der Waals surface area contributed by atoms with E-state index in [2.05, 4.69) is 74.5 Å². The molecule has 0 spiro atoms. The Hall–Kier alpha value is -0.183. The smallest absolute Gasteiger partial charge is 1.00 e. The van der Waals surface area contributed by atoms with Crippen LogP contribution in [0, 0.1) is 0 Å². The average Bonchev–Trinajstić information content (AvgIpc) is 3.32. The van der Waals surface area contributed by atoms with Gasteiger partial charge in [-0.15, -0.1) is 0 Å². The Kier molecular flexibility index (Phi) is 8.97. The van der Waals surface area contributed by atoms with Crippen molar-refractivity contribution in [1.29, 1.82) is 0 Å². The van der Waals surface area contributed by atoms with Gasteiger partial charge in [-0.2, -0.15) is 0 Å². The first-order valence-corrected chi connectivity index (χ1v) is 21.4. The second-order valence-electron chi connectivity index (χ2n) is 11.4. The second-order valence-corrected chi connectivity index (χ2v) is 24.4. The predicted octanol–water partition coefficient (Wildman–Crippen LogP) is 2.96. The fraction of sp³-hybridized carbons (Fsp3) is 0.467. The second kappa shape index (κ2) is 11.3. The summed E-state index contributed by atoms with van der Waals surface area (Å²) in [7, 11) is -2.39. The van der Waals surface area contributed by atoms with Crippen molar-refractivity contribution in [3.05, 3.63) is 77.3 Å². The monoisotopic (exact) mass is 614 g/mol. The molecule has 4 aliphatic rings. The number of fused-ring (bicyclic) bond motifs is 2. The van der Waals surface area contributed by atoms with Crippen LogP contribution in [0.25, 0.3) is 12.2 Å². The number of hydrogen-bond donors (Lipinski definition) is 0. The molecule has 0 N–H and O–H groups in total. The average molecular weight is 617 g/mol. The van der Waals surface area contributed by atoms with Crippen molar-refractivity contribution in [3.63, 3.8) is 0 Å². The summed E-state index contributed by atoms with van der Waals surface area (Å²) in [5, 5.41) is 0. The van der Waals surface area contributed by atoms with E-state index in [1.807, 2.05) is 6.56 Å². The summed E-state index contributed by atoms with van der Waals surface area (Å²) in [6, 6.07) is 28.6. The third-order valence-electron chi connectivity index (χ3n) is 9.57. The molecule has 0 radical (unpaired) electrons. The summed E-state index contributed by atoms with van der Waals surface area (Å²) in [6.45, 7) is 4.89. The Morgan fingerprint density at radius 2 is 1.06 bits per heavy atom. The summed E-state index contributed by atoms with van der Waals surface area (Å²) in [4.78, 5) is 0. The van der Waals surface area contributed by atoms with Crippen molar-refractivity contribution in [1.82, 2.24) is 0 Å². The number of benzene rings is 2. The van der Waals surface area contributed by atoms with Crippen LogP contribution in [0.15, 0.2) is 55.1 Å². The molecule has 2 fully saturated rings. The van der Waals surface area contributed by atoms with Crippen LogP contribution in [0.2, 0.25) is 36.3 Å². The Morgan fingerprint density at radius 1 is 0.657 bits per heavy atom. The van der Waals surface area contributed by atoms with Crippen LogP contribution >= 0.6 is 0 Å². The molecule has 184 valence electrons. The zero-order valence-corrected chi connectivity index (χ0v) is 27.2. The first-order chi connectivity index (χ1) is 16.2. The van der Waals surface area contributed by atoms with Gasteiger partial charge in [-0.3, -0.25) is 0 Å². The minimum absolute atomic E-state index is 0. The third-order valence-corrected chi connectivity index (χ3v) is 26.6. The Balaban J connectivity index is 0.00000144. The minimum Gasteiger partial charge on any atom is -1.00 e. The summed E-state index contributed by atoms with van der Waals surface area (Å²) >= 11 is -0.782. The molecule has 2 aromatic rings. The van der Waals surface area contributed by atoms with E-state index in [-0.39, 0.29) is 24.8 Å². The van der Waals surface area contributed by atoms with Gasteiger partial charge in [0.05, 0.1) is 0 Å². The van der Waals surface area contributed by atoms with Crippen molar-refractivity contribution >= 4 is 28.3 Å². The summed E-state index contributed by atoms with van der Waals surface area (Å²) in [5.41, 5.74) is 8.39. The van der Waals surface area contributed by atoms with E-state index in [1.165, 1.54) is 25.7 Å². The van der Waals surface area contributed by atoms with Crippen LogP contribution in [0.1, 0.15) is 72.9 Å². The zero-order chi connectivity index (χ0) is 22.5. The van der Waals surface area contributed by atoms with Crippen molar-refractivity contribution in [3.8, 4) is 0 Å². The summed E-state index contributed by atoms with van der Waals surface area (Å²) in [5.74, 6) is 0. The van der Waals surface area contributed by atoms with Crippen molar-refractivity contribution in [2.45, 2.75) is 86.9 Å². The molecule has 2 aliphatic heterocycles. The number of halogens is 2. The van der Waals surface area contributed by atoms with Crippen LogP contribution in [-0.2, 0) is 23.2 Å². The van der Waals surface area contributed by atoms with E-state index in [0.29, 0.717) is 0 Å². The van der Waals surface area contributed by atoms with Crippen LogP contribution in [0.5, 0.6) is 0 Å². The maximum Gasteiger partial charge on any atom is -1.00 e. The van der Waals surface area contributed by atoms with E-state index in [0.717, 1.165) is 11.1 Å². The molecule has 2 atom stereocenters. The number of rotatable bonds is 8. The van der Waals surface area contributed by atoms with Gasteiger partial charge in [0.15, 0.2) is 0 Å². The molecule has 5 heteroatoms. The van der Waals surface area contributed by atoms with Crippen molar-refractivity contribution in [2.75, 3.05) is 0 Å². The predicted molar refractivity (Wildman–Crippen MR) is 144 cm³/mol. The van der Waals surface area contributed by atoms with Gasteiger partial charge in [-0.05, 0) is 0 Å². The van der Waals surface area contributed by atoms with E-state index >= 15 is 0 Å². The van der Waals surface area contributed by atoms with Gasteiger partial charge in [-0.1, -0.05) is 0 Å². The van der Waals surface area contributed by atoms with Gasteiger partial charge in [0, 0.05) is 0 Å². The molecule has 2 unspecified atom stereocenters. The molecule has 0 amide bonds. The molecule has 0 nitrogen and oxygen atoms in total. The Bertz CT molecular complexity index is 1030. The molecule has 2 heterocycles. The minimum atomic E-state index is -1.19. The van der Waals surface area contributed by atoms with Gasteiger partial charge < -0.3 is 24.8 Å².